The van der Waals surface area contributed by atoms with Gasteiger partial charge in [0.1, 0.15) is 0 Å². The van der Waals surface area contributed by atoms with Gasteiger partial charge in [-0.05, 0) is 36.0 Å². The summed E-state index contributed by atoms with van der Waals surface area (Å²) in [5.41, 5.74) is 4.16. The second-order valence-electron chi connectivity index (χ2n) is 6.13. The number of rotatable bonds is 4. The van der Waals surface area contributed by atoms with E-state index in [-0.39, 0.29) is 12.6 Å². The second-order valence-corrected chi connectivity index (χ2v) is 6.13. The minimum absolute atomic E-state index is 0.0977. The number of benzene rings is 2. The molecule has 2 atom stereocenters. The van der Waals surface area contributed by atoms with E-state index in [1.54, 1.807) is 0 Å². The van der Waals surface area contributed by atoms with Crippen LogP contribution in [0.5, 0.6) is 0 Å². The van der Waals surface area contributed by atoms with Crippen molar-refractivity contribution in [1.29, 1.82) is 0 Å². The van der Waals surface area contributed by atoms with Crippen LogP contribution in [0.2, 0.25) is 0 Å². The molecule has 0 saturated heterocycles. The van der Waals surface area contributed by atoms with Crippen LogP contribution in [0.3, 0.4) is 0 Å². The fraction of sp³-hybridized carbons (Fsp3) is 0.400. The fourth-order valence-corrected chi connectivity index (χ4v) is 3.67. The van der Waals surface area contributed by atoms with E-state index in [1.165, 1.54) is 16.7 Å². The summed E-state index contributed by atoms with van der Waals surface area (Å²) in [6.45, 7) is 3.44. The minimum atomic E-state index is 0.0977. The lowest BCUT2D eigenvalue weighted by molar-refractivity contribution is 0.0835. The van der Waals surface area contributed by atoms with Gasteiger partial charge in [0.25, 0.3) is 0 Å². The molecule has 22 heavy (non-hydrogen) atoms. The van der Waals surface area contributed by atoms with Crippen LogP contribution in [0.15, 0.2) is 54.6 Å². The number of hydrogen-bond acceptors (Lipinski definition) is 2. The first-order valence-electron chi connectivity index (χ1n) is 8.31. The van der Waals surface area contributed by atoms with Crippen molar-refractivity contribution < 1.29 is 5.11 Å². The number of hydrogen-bond donors (Lipinski definition) is 1. The highest BCUT2D eigenvalue weighted by Crippen LogP contribution is 2.29. The molecule has 0 aromatic heterocycles. The van der Waals surface area contributed by atoms with E-state index in [1.807, 2.05) is 6.07 Å². The van der Waals surface area contributed by atoms with Gasteiger partial charge in [-0.3, -0.25) is 4.90 Å². The van der Waals surface area contributed by atoms with Crippen LogP contribution in [-0.2, 0) is 12.8 Å². The predicted molar refractivity (Wildman–Crippen MR) is 90.9 cm³/mol. The van der Waals surface area contributed by atoms with Crippen LogP contribution in [0.4, 0.5) is 0 Å². The van der Waals surface area contributed by atoms with Gasteiger partial charge in [0.05, 0.1) is 12.6 Å². The van der Waals surface area contributed by atoms with Gasteiger partial charge < -0.3 is 5.11 Å². The maximum atomic E-state index is 10.0. The van der Waals surface area contributed by atoms with E-state index in [2.05, 4.69) is 60.4 Å². The number of aliphatic hydroxyl groups excluding tert-OH is 1. The van der Waals surface area contributed by atoms with Crippen LogP contribution in [0, 0.1) is 0 Å². The van der Waals surface area contributed by atoms with Crippen molar-refractivity contribution >= 4 is 0 Å². The highest BCUT2D eigenvalue weighted by Gasteiger charge is 2.28. The van der Waals surface area contributed by atoms with E-state index < -0.39 is 0 Å². The summed E-state index contributed by atoms with van der Waals surface area (Å²) in [7, 11) is 0. The summed E-state index contributed by atoms with van der Waals surface area (Å²) in [4.78, 5) is 2.51. The first-order valence-corrected chi connectivity index (χ1v) is 8.31. The van der Waals surface area contributed by atoms with Crippen molar-refractivity contribution in [1.82, 2.24) is 4.90 Å². The van der Waals surface area contributed by atoms with Crippen molar-refractivity contribution in [3.05, 3.63) is 71.3 Å². The molecule has 1 N–H and O–H groups in total. The summed E-state index contributed by atoms with van der Waals surface area (Å²) in [6.07, 6.45) is 3.25. The van der Waals surface area contributed by atoms with Gasteiger partial charge >= 0.3 is 0 Å². The highest BCUT2D eigenvalue weighted by atomic mass is 16.3. The Kier molecular flexibility index (Phi) is 4.91. The smallest absolute Gasteiger partial charge is 0.0628 e. The topological polar surface area (TPSA) is 23.5 Å². The van der Waals surface area contributed by atoms with Gasteiger partial charge in [0.15, 0.2) is 0 Å². The van der Waals surface area contributed by atoms with E-state index >= 15 is 0 Å². The summed E-state index contributed by atoms with van der Waals surface area (Å²) in [5.74, 6) is 0. The lowest BCUT2D eigenvalue weighted by atomic mass is 9.98. The van der Waals surface area contributed by atoms with Gasteiger partial charge in [-0.2, -0.15) is 0 Å². The third-order valence-electron chi connectivity index (χ3n) is 4.91. The quantitative estimate of drug-likeness (QED) is 0.931. The molecule has 2 aromatic carbocycles. The number of aliphatic hydroxyl groups is 1. The molecule has 0 radical (unpaired) electrons. The average molecular weight is 295 g/mol. The Morgan fingerprint density at radius 2 is 1.73 bits per heavy atom. The van der Waals surface area contributed by atoms with Gasteiger partial charge in [-0.25, -0.2) is 0 Å². The van der Waals surface area contributed by atoms with Crippen molar-refractivity contribution in [3.8, 4) is 0 Å². The van der Waals surface area contributed by atoms with Crippen LogP contribution in [0.1, 0.15) is 36.1 Å². The number of fused-ring (bicyclic) bond motifs is 1. The summed E-state index contributed by atoms with van der Waals surface area (Å²) in [5, 5.41) is 10.0. The van der Waals surface area contributed by atoms with Crippen LogP contribution in [0.25, 0.3) is 0 Å². The maximum Gasteiger partial charge on any atom is 0.0628 e. The Labute approximate surface area is 133 Å². The summed E-state index contributed by atoms with van der Waals surface area (Å²) in [6, 6.07) is 19.8. The number of nitrogens with zero attached hydrogens (tertiary/aromatic N) is 1. The first kappa shape index (κ1) is 15.3. The van der Waals surface area contributed by atoms with Gasteiger partial charge in [-0.15, -0.1) is 0 Å². The largest absolute Gasteiger partial charge is 0.394 e. The molecular weight excluding hydrogens is 270 g/mol. The molecule has 0 saturated carbocycles. The van der Waals surface area contributed by atoms with E-state index in [4.69, 9.17) is 0 Å². The van der Waals surface area contributed by atoms with Crippen LogP contribution in [-0.4, -0.2) is 29.2 Å². The second kappa shape index (κ2) is 7.08. The van der Waals surface area contributed by atoms with Crippen molar-refractivity contribution in [3.63, 3.8) is 0 Å². The Morgan fingerprint density at radius 3 is 2.41 bits per heavy atom. The zero-order valence-corrected chi connectivity index (χ0v) is 13.3. The zero-order valence-electron chi connectivity index (χ0n) is 13.3. The predicted octanol–water partition coefficient (Wildman–Crippen LogP) is 3.60. The van der Waals surface area contributed by atoms with E-state index in [0.717, 1.165) is 25.8 Å². The van der Waals surface area contributed by atoms with Gasteiger partial charge in [0.2, 0.25) is 0 Å². The zero-order chi connectivity index (χ0) is 15.4. The molecule has 2 heteroatoms. The Balaban J connectivity index is 1.89. The molecule has 2 nitrogen and oxygen atoms in total. The van der Waals surface area contributed by atoms with Gasteiger partial charge in [0, 0.05) is 12.6 Å². The minimum Gasteiger partial charge on any atom is -0.394 e. The monoisotopic (exact) mass is 295 g/mol. The molecule has 116 valence electrons. The molecule has 1 heterocycles. The van der Waals surface area contributed by atoms with E-state index in [0.29, 0.717) is 6.04 Å². The molecule has 3 rings (SSSR count). The third kappa shape index (κ3) is 3.08. The molecule has 2 aromatic rings. The molecule has 0 spiro atoms. The Bertz CT molecular complexity index is 596. The van der Waals surface area contributed by atoms with Gasteiger partial charge in [-0.1, -0.05) is 61.5 Å². The van der Waals surface area contributed by atoms with E-state index in [9.17, 15) is 5.11 Å². The molecule has 0 aliphatic carbocycles. The molecule has 0 fully saturated rings. The third-order valence-corrected chi connectivity index (χ3v) is 4.91. The normalized spacial score (nSPS) is 20.2. The Hall–Kier alpha value is -1.64. The van der Waals surface area contributed by atoms with Crippen LogP contribution < -0.4 is 0 Å². The summed E-state index contributed by atoms with van der Waals surface area (Å²) < 4.78 is 0. The van der Waals surface area contributed by atoms with Crippen molar-refractivity contribution in [2.24, 2.45) is 0 Å². The fourth-order valence-electron chi connectivity index (χ4n) is 3.67. The molecule has 0 bridgehead atoms. The molecule has 1 aliphatic heterocycles. The molecule has 0 amide bonds. The Morgan fingerprint density at radius 1 is 1.05 bits per heavy atom. The molecule has 0 unspecified atom stereocenters. The lowest BCUT2D eigenvalue weighted by Gasteiger charge is -2.36. The maximum absolute atomic E-state index is 10.0. The van der Waals surface area contributed by atoms with Crippen molar-refractivity contribution in [2.45, 2.75) is 38.3 Å². The average Bonchev–Trinajstić information content (AvgIpc) is 2.76. The molecular formula is C20H25NO. The highest BCUT2D eigenvalue weighted by molar-refractivity contribution is 5.30. The molecule has 1 aliphatic rings. The standard InChI is InChI=1S/C20H25NO/c1-2-19-14-18-11-7-6-8-16(18)12-13-21(19)20(15-22)17-9-4-3-5-10-17/h3-11,19-20,22H,2,12-15H2,1H3/t19-,20-/m0/s1. The lowest BCUT2D eigenvalue weighted by Crippen LogP contribution is -2.41. The van der Waals surface area contributed by atoms with Crippen molar-refractivity contribution in [2.75, 3.05) is 13.2 Å². The summed E-state index contributed by atoms with van der Waals surface area (Å²) >= 11 is 0. The SMILES string of the molecule is CC[C@H]1Cc2ccccc2CCN1[C@@H](CO)c1ccccc1. The first-order chi connectivity index (χ1) is 10.8. The van der Waals surface area contributed by atoms with Crippen LogP contribution >= 0.6 is 0 Å².